The molecule has 0 aliphatic carbocycles. The molecule has 1 aromatic rings. The smallest absolute Gasteiger partial charge is 0.222 e. The van der Waals surface area contributed by atoms with Gasteiger partial charge in [0.2, 0.25) is 5.91 Å². The van der Waals surface area contributed by atoms with Crippen molar-refractivity contribution in [3.05, 3.63) is 29.8 Å². The Kier molecular flexibility index (Phi) is 5.46. The van der Waals surface area contributed by atoms with Gasteiger partial charge in [-0.05, 0) is 48.3 Å². The maximum absolute atomic E-state index is 12.6. The summed E-state index contributed by atoms with van der Waals surface area (Å²) in [6.07, 6.45) is 2.99. The van der Waals surface area contributed by atoms with E-state index < -0.39 is 0 Å². The number of fused-ring (bicyclic) bond motifs is 1. The van der Waals surface area contributed by atoms with Crippen molar-refractivity contribution < 1.29 is 14.3 Å². The number of hydrogen-bond donors (Lipinski definition) is 0. The van der Waals surface area contributed by atoms with E-state index >= 15 is 0 Å². The third kappa shape index (κ3) is 3.89. The molecule has 3 aliphatic heterocycles. The van der Waals surface area contributed by atoms with Crippen LogP contribution in [0, 0.1) is 17.8 Å². The Labute approximate surface area is 156 Å². The molecule has 1 amide bonds. The molecular weight excluding hydrogens is 328 g/mol. The van der Waals surface area contributed by atoms with Gasteiger partial charge in [-0.15, -0.1) is 0 Å². The average Bonchev–Trinajstić information content (AvgIpc) is 3.32. The van der Waals surface area contributed by atoms with E-state index in [-0.39, 0.29) is 0 Å². The molecule has 3 aliphatic rings. The highest BCUT2D eigenvalue weighted by Gasteiger charge is 2.41. The fourth-order valence-electron chi connectivity index (χ4n) is 4.84. The maximum atomic E-state index is 12.6. The molecule has 142 valence electrons. The maximum Gasteiger partial charge on any atom is 0.222 e. The van der Waals surface area contributed by atoms with Crippen molar-refractivity contribution in [2.24, 2.45) is 17.8 Å². The molecule has 0 aromatic heterocycles. The summed E-state index contributed by atoms with van der Waals surface area (Å²) in [6.45, 7) is 6.61. The topological polar surface area (TPSA) is 42.0 Å². The molecule has 0 saturated carbocycles. The highest BCUT2D eigenvalue weighted by molar-refractivity contribution is 5.76. The van der Waals surface area contributed by atoms with Crippen molar-refractivity contribution in [2.45, 2.75) is 25.8 Å². The second-order valence-corrected chi connectivity index (χ2v) is 8.06. The van der Waals surface area contributed by atoms with E-state index in [0.717, 1.165) is 64.5 Å². The minimum absolute atomic E-state index is 0.338. The Balaban J connectivity index is 1.35. The van der Waals surface area contributed by atoms with Gasteiger partial charge in [-0.1, -0.05) is 12.1 Å². The van der Waals surface area contributed by atoms with Gasteiger partial charge in [0.1, 0.15) is 5.75 Å². The first-order valence-corrected chi connectivity index (χ1v) is 9.93. The lowest BCUT2D eigenvalue weighted by atomic mass is 9.81. The van der Waals surface area contributed by atoms with Crippen LogP contribution in [0.2, 0.25) is 0 Å². The number of rotatable bonds is 5. The highest BCUT2D eigenvalue weighted by Crippen LogP contribution is 2.36. The first kappa shape index (κ1) is 17.8. The highest BCUT2D eigenvalue weighted by atomic mass is 16.5. The van der Waals surface area contributed by atoms with Crippen LogP contribution in [0.1, 0.15) is 24.8 Å². The minimum Gasteiger partial charge on any atom is -0.497 e. The van der Waals surface area contributed by atoms with Gasteiger partial charge in [0.05, 0.1) is 20.3 Å². The summed E-state index contributed by atoms with van der Waals surface area (Å²) in [4.78, 5) is 17.2. The molecule has 4 rings (SSSR count). The molecule has 0 bridgehead atoms. The van der Waals surface area contributed by atoms with Crippen LogP contribution in [0.3, 0.4) is 0 Å². The molecule has 0 spiro atoms. The summed E-state index contributed by atoms with van der Waals surface area (Å²) >= 11 is 0. The van der Waals surface area contributed by atoms with Crippen molar-refractivity contribution in [3.8, 4) is 5.75 Å². The fraction of sp³-hybridized carbons (Fsp3) is 0.667. The third-order valence-electron chi connectivity index (χ3n) is 6.30. The molecule has 3 atom stereocenters. The Morgan fingerprint density at radius 1 is 1.15 bits per heavy atom. The molecule has 3 heterocycles. The molecule has 0 radical (unpaired) electrons. The number of nitrogens with zero attached hydrogens (tertiary/aromatic N) is 2. The number of hydrogen-bond acceptors (Lipinski definition) is 4. The number of likely N-dealkylation sites (tertiary alicyclic amines) is 2. The van der Waals surface area contributed by atoms with Gasteiger partial charge in [-0.3, -0.25) is 9.69 Å². The lowest BCUT2D eigenvalue weighted by molar-refractivity contribution is -0.133. The Morgan fingerprint density at radius 3 is 2.65 bits per heavy atom. The molecule has 26 heavy (non-hydrogen) atoms. The van der Waals surface area contributed by atoms with Gasteiger partial charge >= 0.3 is 0 Å². The number of methoxy groups -OCH3 is 1. The van der Waals surface area contributed by atoms with Crippen molar-refractivity contribution in [3.63, 3.8) is 0 Å². The second-order valence-electron chi connectivity index (χ2n) is 8.06. The number of carbonyl (C=O) groups is 1. The molecular formula is C21H30N2O3. The lowest BCUT2D eigenvalue weighted by Crippen LogP contribution is -2.39. The lowest BCUT2D eigenvalue weighted by Gasteiger charge is -2.33. The van der Waals surface area contributed by atoms with Crippen LogP contribution >= 0.6 is 0 Å². The Bertz CT molecular complexity index is 612. The number of benzene rings is 1. The quantitative estimate of drug-likeness (QED) is 0.811. The van der Waals surface area contributed by atoms with Crippen molar-refractivity contribution in [1.82, 2.24) is 9.80 Å². The summed E-state index contributed by atoms with van der Waals surface area (Å²) in [5.41, 5.74) is 1.31. The number of carbonyl (C=O) groups excluding carboxylic acids is 1. The normalized spacial score (nSPS) is 29.0. The van der Waals surface area contributed by atoms with E-state index in [2.05, 4.69) is 17.0 Å². The third-order valence-corrected chi connectivity index (χ3v) is 6.30. The van der Waals surface area contributed by atoms with Gasteiger partial charge in [0, 0.05) is 39.1 Å². The first-order valence-electron chi connectivity index (χ1n) is 9.93. The van der Waals surface area contributed by atoms with Crippen LogP contribution in [-0.4, -0.2) is 62.2 Å². The summed E-state index contributed by atoms with van der Waals surface area (Å²) in [5, 5.41) is 0. The second kappa shape index (κ2) is 7.97. The summed E-state index contributed by atoms with van der Waals surface area (Å²) < 4.78 is 11.1. The standard InChI is InChI=1S/C21H30N2O3/c1-25-19-6-4-16(5-7-19)11-22-12-18-15-26-14-17(20(18)13-22)10-21(24)23-8-2-3-9-23/h4-7,17-18,20H,2-3,8-15H2,1H3/t17-,18-,20+/m1/s1. The monoisotopic (exact) mass is 358 g/mol. The van der Waals surface area contributed by atoms with Gasteiger partial charge in [-0.25, -0.2) is 0 Å². The number of ether oxygens (including phenoxy) is 2. The zero-order valence-electron chi connectivity index (χ0n) is 15.7. The predicted octanol–water partition coefficient (Wildman–Crippen LogP) is 2.40. The van der Waals surface area contributed by atoms with Crippen molar-refractivity contribution >= 4 is 5.91 Å². The van der Waals surface area contributed by atoms with E-state index in [1.165, 1.54) is 5.56 Å². The minimum atomic E-state index is 0.338. The SMILES string of the molecule is COc1ccc(CN2C[C@@H]3COC[C@@H](CC(=O)N4CCCC4)[C@@H]3C2)cc1. The largest absolute Gasteiger partial charge is 0.497 e. The Hall–Kier alpha value is -1.59. The fourth-order valence-corrected chi connectivity index (χ4v) is 4.84. The van der Waals surface area contributed by atoms with Gasteiger partial charge in [0.25, 0.3) is 0 Å². The van der Waals surface area contributed by atoms with Gasteiger partial charge in [-0.2, -0.15) is 0 Å². The van der Waals surface area contributed by atoms with Crippen LogP contribution < -0.4 is 4.74 Å². The summed E-state index contributed by atoms with van der Waals surface area (Å²) in [6, 6.07) is 8.34. The molecule has 0 unspecified atom stereocenters. The zero-order valence-corrected chi connectivity index (χ0v) is 15.7. The van der Waals surface area contributed by atoms with Crippen LogP contribution in [0.5, 0.6) is 5.75 Å². The van der Waals surface area contributed by atoms with Crippen LogP contribution in [0.25, 0.3) is 0 Å². The van der Waals surface area contributed by atoms with E-state index in [9.17, 15) is 4.79 Å². The van der Waals surface area contributed by atoms with Gasteiger partial charge < -0.3 is 14.4 Å². The molecule has 0 N–H and O–H groups in total. The van der Waals surface area contributed by atoms with Crippen LogP contribution in [0.4, 0.5) is 0 Å². The molecule has 3 fully saturated rings. The van der Waals surface area contributed by atoms with E-state index in [1.54, 1.807) is 7.11 Å². The van der Waals surface area contributed by atoms with Gasteiger partial charge in [0.15, 0.2) is 0 Å². The molecule has 5 nitrogen and oxygen atoms in total. The first-order chi connectivity index (χ1) is 12.7. The van der Waals surface area contributed by atoms with E-state index in [1.807, 2.05) is 17.0 Å². The van der Waals surface area contributed by atoms with Crippen LogP contribution in [0.15, 0.2) is 24.3 Å². The summed E-state index contributed by atoms with van der Waals surface area (Å²) in [5.74, 6) is 2.78. The predicted molar refractivity (Wildman–Crippen MR) is 100.0 cm³/mol. The van der Waals surface area contributed by atoms with Crippen LogP contribution in [-0.2, 0) is 16.1 Å². The van der Waals surface area contributed by atoms with E-state index in [4.69, 9.17) is 9.47 Å². The molecule has 5 heteroatoms. The van der Waals surface area contributed by atoms with Crippen molar-refractivity contribution in [1.29, 1.82) is 0 Å². The zero-order chi connectivity index (χ0) is 17.9. The van der Waals surface area contributed by atoms with E-state index in [0.29, 0.717) is 30.1 Å². The Morgan fingerprint density at radius 2 is 1.92 bits per heavy atom. The average molecular weight is 358 g/mol. The molecule has 1 aromatic carbocycles. The molecule has 3 saturated heterocycles. The number of amides is 1. The van der Waals surface area contributed by atoms with Crippen molar-refractivity contribution in [2.75, 3.05) is 46.5 Å². The summed E-state index contributed by atoms with van der Waals surface area (Å²) in [7, 11) is 1.70.